The van der Waals surface area contributed by atoms with Gasteiger partial charge in [-0.3, -0.25) is 14.9 Å². The van der Waals surface area contributed by atoms with E-state index in [0.717, 1.165) is 22.0 Å². The van der Waals surface area contributed by atoms with Crippen LogP contribution in [0.3, 0.4) is 0 Å². The molecule has 1 heterocycles. The minimum absolute atomic E-state index is 0.0122. The average molecular weight is 419 g/mol. The lowest BCUT2D eigenvalue weighted by Gasteiger charge is -2.05. The summed E-state index contributed by atoms with van der Waals surface area (Å²) >= 11 is 6.00. The number of benzene rings is 3. The van der Waals surface area contributed by atoms with Gasteiger partial charge in [-0.25, -0.2) is 5.43 Å². The molecule has 8 heteroatoms. The molecule has 1 amide bonds. The monoisotopic (exact) mass is 418 g/mol. The van der Waals surface area contributed by atoms with Crippen molar-refractivity contribution in [2.75, 3.05) is 0 Å². The lowest BCUT2D eigenvalue weighted by atomic mass is 10.0. The number of halogens is 1. The number of fused-ring (bicyclic) bond motifs is 1. The third kappa shape index (κ3) is 3.92. The maximum absolute atomic E-state index is 12.8. The Labute approximate surface area is 176 Å². The highest BCUT2D eigenvalue weighted by molar-refractivity contribution is 6.30. The molecule has 0 bridgehead atoms. The Morgan fingerprint density at radius 2 is 1.73 bits per heavy atom. The zero-order valence-electron chi connectivity index (χ0n) is 15.5. The second kappa shape index (κ2) is 8.18. The number of hydrogen-bond donors (Lipinski definition) is 2. The van der Waals surface area contributed by atoms with Crippen LogP contribution in [-0.2, 0) is 0 Å². The average Bonchev–Trinajstić information content (AvgIpc) is 3.14. The number of amides is 1. The van der Waals surface area contributed by atoms with E-state index in [4.69, 9.17) is 11.6 Å². The summed E-state index contributed by atoms with van der Waals surface area (Å²) in [6, 6.07) is 20.7. The van der Waals surface area contributed by atoms with Crippen molar-refractivity contribution in [3.05, 3.63) is 99.2 Å². The maximum Gasteiger partial charge on any atom is 0.288 e. The van der Waals surface area contributed by atoms with Crippen LogP contribution in [0.1, 0.15) is 16.1 Å². The number of hydrogen-bond acceptors (Lipinski definition) is 4. The fourth-order valence-electron chi connectivity index (χ4n) is 3.13. The Hall–Kier alpha value is -3.97. The van der Waals surface area contributed by atoms with Crippen LogP contribution < -0.4 is 5.43 Å². The molecule has 0 saturated carbocycles. The van der Waals surface area contributed by atoms with Crippen LogP contribution in [0.5, 0.6) is 0 Å². The first kappa shape index (κ1) is 19.4. The van der Waals surface area contributed by atoms with Crippen molar-refractivity contribution in [1.82, 2.24) is 10.4 Å². The molecule has 3 aromatic carbocycles. The number of nitrogens with one attached hydrogen (secondary N) is 2. The number of nitro groups is 1. The van der Waals surface area contributed by atoms with E-state index in [1.807, 2.05) is 36.4 Å². The smallest absolute Gasteiger partial charge is 0.288 e. The lowest BCUT2D eigenvalue weighted by molar-refractivity contribution is -0.384. The molecule has 0 aliphatic carbocycles. The Morgan fingerprint density at radius 3 is 2.43 bits per heavy atom. The molecule has 0 fully saturated rings. The summed E-state index contributed by atoms with van der Waals surface area (Å²) in [6.45, 7) is 0. The van der Waals surface area contributed by atoms with Gasteiger partial charge in [0.05, 0.1) is 11.1 Å². The van der Waals surface area contributed by atoms with Crippen molar-refractivity contribution in [2.45, 2.75) is 0 Å². The van der Waals surface area contributed by atoms with E-state index < -0.39 is 10.8 Å². The molecule has 0 aliphatic heterocycles. The first-order valence-corrected chi connectivity index (χ1v) is 9.35. The first-order valence-electron chi connectivity index (χ1n) is 8.97. The van der Waals surface area contributed by atoms with E-state index in [1.54, 1.807) is 24.3 Å². The summed E-state index contributed by atoms with van der Waals surface area (Å²) in [5, 5.41) is 16.2. The van der Waals surface area contributed by atoms with Gasteiger partial charge in [0.15, 0.2) is 0 Å². The van der Waals surface area contributed by atoms with Gasteiger partial charge < -0.3 is 4.98 Å². The molecule has 148 valence electrons. The summed E-state index contributed by atoms with van der Waals surface area (Å²) in [5.41, 5.74) is 5.92. The van der Waals surface area contributed by atoms with Crippen molar-refractivity contribution < 1.29 is 9.72 Å². The molecule has 7 nitrogen and oxygen atoms in total. The molecule has 0 saturated heterocycles. The Balaban J connectivity index is 1.62. The number of hydrazone groups is 1. The van der Waals surface area contributed by atoms with Crippen molar-refractivity contribution >= 4 is 40.3 Å². The van der Waals surface area contributed by atoms with Crippen LogP contribution in [0.15, 0.2) is 77.9 Å². The van der Waals surface area contributed by atoms with Gasteiger partial charge in [-0.1, -0.05) is 41.9 Å². The Bertz CT molecular complexity index is 1260. The highest BCUT2D eigenvalue weighted by atomic mass is 35.5. The fraction of sp³-hybridized carbons (Fsp3) is 0. The van der Waals surface area contributed by atoms with Crippen LogP contribution in [0, 0.1) is 10.1 Å². The molecule has 0 atom stereocenters. The second-order valence-electron chi connectivity index (χ2n) is 6.48. The third-order valence-corrected chi connectivity index (χ3v) is 4.80. The summed E-state index contributed by atoms with van der Waals surface area (Å²) in [6.07, 6.45) is 1.42. The van der Waals surface area contributed by atoms with Gasteiger partial charge in [0.25, 0.3) is 11.6 Å². The number of aromatic nitrogens is 1. The molecule has 0 unspecified atom stereocenters. The number of non-ortho nitro benzene ring substituents is 1. The molecular weight excluding hydrogens is 404 g/mol. The first-order chi connectivity index (χ1) is 14.5. The van der Waals surface area contributed by atoms with E-state index >= 15 is 0 Å². The number of rotatable bonds is 5. The van der Waals surface area contributed by atoms with E-state index in [1.165, 1.54) is 18.3 Å². The highest BCUT2D eigenvalue weighted by Gasteiger charge is 2.18. The summed E-state index contributed by atoms with van der Waals surface area (Å²) in [5.74, 6) is -0.408. The van der Waals surface area contributed by atoms with Crippen molar-refractivity contribution in [3.8, 4) is 11.1 Å². The predicted octanol–water partition coefficient (Wildman–Crippen LogP) is 5.16. The normalized spacial score (nSPS) is 11.1. The topological polar surface area (TPSA) is 100 Å². The summed E-state index contributed by atoms with van der Waals surface area (Å²) < 4.78 is 0. The molecule has 4 aromatic rings. The Morgan fingerprint density at radius 1 is 1.03 bits per heavy atom. The van der Waals surface area contributed by atoms with Gasteiger partial charge in [-0.05, 0) is 41.5 Å². The predicted molar refractivity (Wildman–Crippen MR) is 117 cm³/mol. The van der Waals surface area contributed by atoms with E-state index in [2.05, 4.69) is 15.5 Å². The van der Waals surface area contributed by atoms with Gasteiger partial charge in [-0.2, -0.15) is 5.10 Å². The number of H-pyrrole nitrogens is 1. The van der Waals surface area contributed by atoms with Gasteiger partial charge in [-0.15, -0.1) is 0 Å². The minimum atomic E-state index is -0.475. The van der Waals surface area contributed by atoms with E-state index in [0.29, 0.717) is 16.3 Å². The zero-order chi connectivity index (χ0) is 21.1. The van der Waals surface area contributed by atoms with Crippen LogP contribution in [0.25, 0.3) is 22.0 Å². The number of carbonyl (C=O) groups is 1. The third-order valence-electron chi connectivity index (χ3n) is 4.55. The van der Waals surface area contributed by atoms with Gasteiger partial charge in [0.1, 0.15) is 5.69 Å². The Kier molecular flexibility index (Phi) is 5.28. The van der Waals surface area contributed by atoms with Gasteiger partial charge >= 0.3 is 0 Å². The highest BCUT2D eigenvalue weighted by Crippen LogP contribution is 2.33. The van der Waals surface area contributed by atoms with Crippen molar-refractivity contribution in [1.29, 1.82) is 0 Å². The van der Waals surface area contributed by atoms with Gasteiger partial charge in [0.2, 0.25) is 0 Å². The molecule has 4 rings (SSSR count). The van der Waals surface area contributed by atoms with E-state index in [-0.39, 0.29) is 5.69 Å². The molecule has 0 spiro atoms. The van der Waals surface area contributed by atoms with E-state index in [9.17, 15) is 14.9 Å². The largest absolute Gasteiger partial charge is 0.350 e. The van der Waals surface area contributed by atoms with Crippen molar-refractivity contribution in [3.63, 3.8) is 0 Å². The lowest BCUT2D eigenvalue weighted by Crippen LogP contribution is -2.18. The zero-order valence-corrected chi connectivity index (χ0v) is 16.3. The number of carbonyl (C=O) groups excluding carboxylic acids is 1. The summed E-state index contributed by atoms with van der Waals surface area (Å²) in [4.78, 5) is 26.2. The fourth-order valence-corrected chi connectivity index (χ4v) is 3.26. The van der Waals surface area contributed by atoms with Crippen LogP contribution >= 0.6 is 11.6 Å². The van der Waals surface area contributed by atoms with Crippen LogP contribution in [-0.4, -0.2) is 22.0 Å². The molecule has 0 radical (unpaired) electrons. The van der Waals surface area contributed by atoms with Crippen LogP contribution in [0.2, 0.25) is 5.02 Å². The number of aromatic amines is 1. The van der Waals surface area contributed by atoms with Crippen molar-refractivity contribution in [2.24, 2.45) is 5.10 Å². The minimum Gasteiger partial charge on any atom is -0.350 e. The number of para-hydroxylation sites is 1. The quantitative estimate of drug-likeness (QED) is 0.266. The number of nitrogens with zero attached hydrogens (tertiary/aromatic N) is 2. The maximum atomic E-state index is 12.8. The summed E-state index contributed by atoms with van der Waals surface area (Å²) in [7, 11) is 0. The van der Waals surface area contributed by atoms with Gasteiger partial charge in [0, 0.05) is 33.6 Å². The SMILES string of the molecule is O=C(N/N=C/c1ccc([N+](=O)[O-])cc1)c1[nH]c2ccccc2c1-c1ccc(Cl)cc1. The molecular formula is C22H15ClN4O3. The van der Waals surface area contributed by atoms with Crippen LogP contribution in [0.4, 0.5) is 5.69 Å². The molecule has 30 heavy (non-hydrogen) atoms. The molecule has 0 aliphatic rings. The number of nitro benzene ring substituents is 1. The standard InChI is InChI=1S/C22H15ClN4O3/c23-16-9-7-15(8-10-16)20-18-3-1-2-4-19(18)25-21(20)22(28)26-24-13-14-5-11-17(12-6-14)27(29)30/h1-13,25H,(H,26,28)/b24-13+. The molecule has 2 N–H and O–H groups in total. The second-order valence-corrected chi connectivity index (χ2v) is 6.91. The molecule has 1 aromatic heterocycles.